The fourth-order valence-corrected chi connectivity index (χ4v) is 4.21. The minimum absolute atomic E-state index is 0.105. The van der Waals surface area contributed by atoms with Crippen molar-refractivity contribution >= 4 is 15.6 Å². The number of carbonyl (C=O) groups is 1. The van der Waals surface area contributed by atoms with Gasteiger partial charge in [-0.3, -0.25) is 4.79 Å². The minimum atomic E-state index is -3.11. The van der Waals surface area contributed by atoms with Crippen molar-refractivity contribution < 1.29 is 13.2 Å². The van der Waals surface area contributed by atoms with E-state index in [1.807, 2.05) is 6.92 Å². The molecular formula is C11H20O3S. The molecule has 0 aromatic rings. The second kappa shape index (κ2) is 4.64. The second-order valence-corrected chi connectivity index (χ2v) is 7.35. The van der Waals surface area contributed by atoms with Crippen LogP contribution in [0.3, 0.4) is 0 Å². The first-order valence-electron chi connectivity index (χ1n) is 5.64. The van der Waals surface area contributed by atoms with E-state index in [0.717, 1.165) is 12.8 Å². The van der Waals surface area contributed by atoms with Crippen LogP contribution < -0.4 is 0 Å². The summed E-state index contributed by atoms with van der Waals surface area (Å²) in [5, 5.41) is -0.800. The van der Waals surface area contributed by atoms with Crippen molar-refractivity contribution in [3.05, 3.63) is 0 Å². The summed E-state index contributed by atoms with van der Waals surface area (Å²) in [6.07, 6.45) is 2.39. The van der Waals surface area contributed by atoms with Crippen LogP contribution in [0.1, 0.15) is 46.5 Å². The highest BCUT2D eigenvalue weighted by Gasteiger charge is 2.38. The quantitative estimate of drug-likeness (QED) is 0.747. The first-order valence-corrected chi connectivity index (χ1v) is 7.25. The number of rotatable bonds is 3. The number of hydrogen-bond acceptors (Lipinski definition) is 3. The molecule has 0 spiro atoms. The topological polar surface area (TPSA) is 51.2 Å². The van der Waals surface area contributed by atoms with E-state index in [1.54, 1.807) is 13.8 Å². The third-order valence-electron chi connectivity index (χ3n) is 3.35. The van der Waals surface area contributed by atoms with Gasteiger partial charge in [-0.2, -0.15) is 0 Å². The van der Waals surface area contributed by atoms with Gasteiger partial charge in [0.1, 0.15) is 5.78 Å². The van der Waals surface area contributed by atoms with Crippen LogP contribution in [0, 0.1) is 5.92 Å². The predicted octanol–water partition coefficient (Wildman–Crippen LogP) is 1.96. The van der Waals surface area contributed by atoms with Crippen LogP contribution in [0.2, 0.25) is 0 Å². The van der Waals surface area contributed by atoms with Gasteiger partial charge in [0.2, 0.25) is 0 Å². The maximum Gasteiger partial charge on any atom is 0.156 e. The lowest BCUT2D eigenvalue weighted by atomic mass is 9.86. The average Bonchev–Trinajstić information content (AvgIpc) is 2.17. The van der Waals surface area contributed by atoms with E-state index in [4.69, 9.17) is 0 Å². The van der Waals surface area contributed by atoms with Crippen molar-refractivity contribution in [2.75, 3.05) is 0 Å². The molecule has 4 heteroatoms. The molecule has 0 saturated heterocycles. The van der Waals surface area contributed by atoms with Crippen molar-refractivity contribution in [2.24, 2.45) is 5.92 Å². The molecular weight excluding hydrogens is 212 g/mol. The molecule has 0 N–H and O–H groups in total. The summed E-state index contributed by atoms with van der Waals surface area (Å²) in [6.45, 7) is 5.39. The molecule has 0 amide bonds. The highest BCUT2D eigenvalue weighted by atomic mass is 32.2. The maximum absolute atomic E-state index is 12.0. The zero-order chi connectivity index (χ0) is 11.6. The summed E-state index contributed by atoms with van der Waals surface area (Å²) in [5.74, 6) is 0.282. The lowest BCUT2D eigenvalue weighted by Gasteiger charge is -2.30. The van der Waals surface area contributed by atoms with Crippen molar-refractivity contribution in [3.63, 3.8) is 0 Å². The molecule has 3 nitrogen and oxygen atoms in total. The van der Waals surface area contributed by atoms with Gasteiger partial charge < -0.3 is 0 Å². The summed E-state index contributed by atoms with van der Waals surface area (Å²) >= 11 is 0. The van der Waals surface area contributed by atoms with E-state index >= 15 is 0 Å². The molecule has 1 aliphatic rings. The third kappa shape index (κ3) is 2.60. The Morgan fingerprint density at radius 3 is 2.47 bits per heavy atom. The Balaban J connectivity index is 2.94. The first-order chi connectivity index (χ1) is 6.89. The molecule has 1 fully saturated rings. The number of hydrogen-bond donors (Lipinski definition) is 0. The molecule has 1 aliphatic carbocycles. The molecule has 15 heavy (non-hydrogen) atoms. The molecule has 0 aliphatic heterocycles. The van der Waals surface area contributed by atoms with Crippen LogP contribution in [-0.2, 0) is 14.6 Å². The Morgan fingerprint density at radius 2 is 2.00 bits per heavy atom. The Morgan fingerprint density at radius 1 is 1.40 bits per heavy atom. The van der Waals surface area contributed by atoms with Gasteiger partial charge in [-0.1, -0.05) is 13.3 Å². The third-order valence-corrected chi connectivity index (χ3v) is 6.06. The molecule has 0 aromatic heterocycles. The normalized spacial score (nSPS) is 28.4. The standard InChI is InChI=1S/C11H20O3S/c1-4-9-5-6-10(12)7-11(9)15(13,14)8(2)3/h8-9,11H,4-7H2,1-3H3. The van der Waals surface area contributed by atoms with E-state index < -0.39 is 15.1 Å². The molecule has 1 rings (SSSR count). The Bertz CT molecular complexity index is 330. The average molecular weight is 232 g/mol. The summed E-state index contributed by atoms with van der Waals surface area (Å²) in [7, 11) is -3.11. The molecule has 0 heterocycles. The fraction of sp³-hybridized carbons (Fsp3) is 0.909. The lowest BCUT2D eigenvalue weighted by molar-refractivity contribution is -0.120. The van der Waals surface area contributed by atoms with Crippen LogP contribution in [-0.4, -0.2) is 24.7 Å². The first kappa shape index (κ1) is 12.7. The Kier molecular flexibility index (Phi) is 3.93. The summed E-state index contributed by atoms with van der Waals surface area (Å²) in [6, 6.07) is 0. The largest absolute Gasteiger partial charge is 0.300 e. The van der Waals surface area contributed by atoms with E-state index in [0.29, 0.717) is 6.42 Å². The molecule has 2 unspecified atom stereocenters. The van der Waals surface area contributed by atoms with Crippen LogP contribution in [0.5, 0.6) is 0 Å². The molecule has 0 bridgehead atoms. The SMILES string of the molecule is CCC1CCC(=O)CC1S(=O)(=O)C(C)C. The van der Waals surface area contributed by atoms with Gasteiger partial charge in [0.05, 0.1) is 10.5 Å². The number of carbonyl (C=O) groups excluding carboxylic acids is 1. The van der Waals surface area contributed by atoms with Gasteiger partial charge in [-0.05, 0) is 26.2 Å². The van der Waals surface area contributed by atoms with Crippen LogP contribution in [0.4, 0.5) is 0 Å². The number of ketones is 1. The van der Waals surface area contributed by atoms with Crippen molar-refractivity contribution in [1.29, 1.82) is 0 Å². The molecule has 88 valence electrons. The van der Waals surface area contributed by atoms with Gasteiger partial charge in [0, 0.05) is 12.8 Å². The van der Waals surface area contributed by atoms with Gasteiger partial charge in [0.25, 0.3) is 0 Å². The van der Waals surface area contributed by atoms with Crippen LogP contribution >= 0.6 is 0 Å². The van der Waals surface area contributed by atoms with E-state index in [2.05, 4.69) is 0 Å². The molecule has 0 radical (unpaired) electrons. The molecule has 1 saturated carbocycles. The summed E-state index contributed by atoms with van der Waals surface area (Å²) < 4.78 is 24.1. The van der Waals surface area contributed by atoms with Crippen molar-refractivity contribution in [3.8, 4) is 0 Å². The van der Waals surface area contributed by atoms with E-state index in [1.165, 1.54) is 0 Å². The Hall–Kier alpha value is -0.380. The van der Waals surface area contributed by atoms with Gasteiger partial charge in [-0.15, -0.1) is 0 Å². The fourth-order valence-electron chi connectivity index (χ4n) is 2.23. The van der Waals surface area contributed by atoms with Crippen LogP contribution in [0.15, 0.2) is 0 Å². The predicted molar refractivity (Wildman–Crippen MR) is 60.5 cm³/mol. The number of sulfone groups is 1. The Labute approximate surface area is 92.2 Å². The van der Waals surface area contributed by atoms with Crippen LogP contribution in [0.25, 0.3) is 0 Å². The van der Waals surface area contributed by atoms with E-state index in [-0.39, 0.29) is 23.4 Å². The zero-order valence-corrected chi connectivity index (χ0v) is 10.5. The maximum atomic E-state index is 12.0. The van der Waals surface area contributed by atoms with Crippen molar-refractivity contribution in [1.82, 2.24) is 0 Å². The molecule has 2 atom stereocenters. The van der Waals surface area contributed by atoms with Gasteiger partial charge in [-0.25, -0.2) is 8.42 Å². The second-order valence-electron chi connectivity index (χ2n) is 4.63. The van der Waals surface area contributed by atoms with E-state index in [9.17, 15) is 13.2 Å². The smallest absolute Gasteiger partial charge is 0.156 e. The minimum Gasteiger partial charge on any atom is -0.300 e. The molecule has 0 aromatic carbocycles. The van der Waals surface area contributed by atoms with Crippen molar-refractivity contribution in [2.45, 2.75) is 57.0 Å². The number of Topliss-reactive ketones (excluding diaryl/α,β-unsaturated/α-hetero) is 1. The zero-order valence-electron chi connectivity index (χ0n) is 9.69. The van der Waals surface area contributed by atoms with Gasteiger partial charge in [0.15, 0.2) is 9.84 Å². The summed E-state index contributed by atoms with van der Waals surface area (Å²) in [4.78, 5) is 11.3. The monoisotopic (exact) mass is 232 g/mol. The summed E-state index contributed by atoms with van der Waals surface area (Å²) in [5.41, 5.74) is 0. The highest BCUT2D eigenvalue weighted by Crippen LogP contribution is 2.31. The highest BCUT2D eigenvalue weighted by molar-refractivity contribution is 7.92. The van der Waals surface area contributed by atoms with Gasteiger partial charge >= 0.3 is 0 Å². The lowest BCUT2D eigenvalue weighted by Crippen LogP contribution is -2.39.